The second-order valence-corrected chi connectivity index (χ2v) is 8.81. The van der Waals surface area contributed by atoms with Gasteiger partial charge >= 0.3 is 0 Å². The summed E-state index contributed by atoms with van der Waals surface area (Å²) in [5.41, 5.74) is 1.54. The van der Waals surface area contributed by atoms with Gasteiger partial charge in [-0.2, -0.15) is 0 Å². The predicted octanol–water partition coefficient (Wildman–Crippen LogP) is 2.80. The van der Waals surface area contributed by atoms with Crippen LogP contribution < -0.4 is 10.6 Å². The van der Waals surface area contributed by atoms with Gasteiger partial charge in [-0.25, -0.2) is 0 Å². The first-order valence-corrected chi connectivity index (χ1v) is 10.5. The van der Waals surface area contributed by atoms with Crippen LogP contribution in [-0.2, 0) is 4.74 Å². The molecule has 5 nitrogen and oxygen atoms in total. The van der Waals surface area contributed by atoms with Gasteiger partial charge in [0.1, 0.15) is 0 Å². The number of guanidine groups is 1. The molecule has 3 fully saturated rings. The molecule has 2 N–H and O–H groups in total. The summed E-state index contributed by atoms with van der Waals surface area (Å²) in [4.78, 5) is 7.12. The van der Waals surface area contributed by atoms with Crippen molar-refractivity contribution in [1.82, 2.24) is 15.5 Å². The zero-order chi connectivity index (χ0) is 18.9. The normalized spacial score (nSPS) is 31.2. The number of rotatable bonds is 5. The van der Waals surface area contributed by atoms with E-state index in [9.17, 15) is 0 Å². The van der Waals surface area contributed by atoms with E-state index in [1.165, 1.54) is 31.5 Å². The van der Waals surface area contributed by atoms with E-state index in [1.807, 2.05) is 7.05 Å². The van der Waals surface area contributed by atoms with E-state index in [0.29, 0.717) is 24.1 Å². The molecule has 2 aliphatic heterocycles. The number of likely N-dealkylation sites (tertiary alicyclic amines) is 1. The topological polar surface area (TPSA) is 48.9 Å². The van der Waals surface area contributed by atoms with Crippen molar-refractivity contribution in [3.63, 3.8) is 0 Å². The quantitative estimate of drug-likeness (QED) is 0.618. The first-order valence-electron chi connectivity index (χ1n) is 10.5. The highest BCUT2D eigenvalue weighted by atomic mass is 16.5. The van der Waals surface area contributed by atoms with Crippen LogP contribution in [0.1, 0.15) is 44.7 Å². The van der Waals surface area contributed by atoms with Gasteiger partial charge in [0, 0.05) is 37.6 Å². The van der Waals surface area contributed by atoms with Crippen LogP contribution in [0, 0.1) is 11.3 Å². The molecule has 27 heavy (non-hydrogen) atoms. The maximum atomic E-state index is 5.93. The minimum atomic E-state index is 0.159. The van der Waals surface area contributed by atoms with Crippen molar-refractivity contribution in [2.45, 2.75) is 51.3 Å². The average Bonchev–Trinajstić information content (AvgIpc) is 3.36. The first-order chi connectivity index (χ1) is 13.1. The zero-order valence-corrected chi connectivity index (χ0v) is 16.9. The maximum absolute atomic E-state index is 5.93. The molecule has 148 valence electrons. The van der Waals surface area contributed by atoms with E-state index in [4.69, 9.17) is 4.74 Å². The molecule has 2 heterocycles. The summed E-state index contributed by atoms with van der Waals surface area (Å²) in [5.74, 6) is 1.53. The van der Waals surface area contributed by atoms with Gasteiger partial charge in [0.05, 0.1) is 12.1 Å². The van der Waals surface area contributed by atoms with Gasteiger partial charge in [-0.3, -0.25) is 9.89 Å². The second kappa shape index (κ2) is 7.80. The first kappa shape index (κ1) is 18.8. The third kappa shape index (κ3) is 3.59. The molecule has 1 aromatic rings. The molecule has 0 amide bonds. The van der Waals surface area contributed by atoms with Crippen molar-refractivity contribution in [1.29, 1.82) is 0 Å². The number of hydrogen-bond acceptors (Lipinski definition) is 3. The van der Waals surface area contributed by atoms with Crippen molar-refractivity contribution in [3.05, 3.63) is 35.9 Å². The summed E-state index contributed by atoms with van der Waals surface area (Å²) in [6.45, 7) is 8.76. The predicted molar refractivity (Wildman–Crippen MR) is 110 cm³/mol. The highest BCUT2D eigenvalue weighted by Crippen LogP contribution is 2.52. The van der Waals surface area contributed by atoms with E-state index in [-0.39, 0.29) is 5.41 Å². The Labute approximate surface area is 163 Å². The van der Waals surface area contributed by atoms with Crippen LogP contribution in [-0.4, -0.2) is 56.3 Å². The molecule has 0 spiro atoms. The lowest BCUT2D eigenvalue weighted by atomic mass is 9.57. The van der Waals surface area contributed by atoms with Crippen molar-refractivity contribution in [2.75, 3.05) is 33.3 Å². The lowest BCUT2D eigenvalue weighted by Crippen LogP contribution is -2.68. The van der Waals surface area contributed by atoms with E-state index >= 15 is 0 Å². The molecule has 1 saturated carbocycles. The minimum Gasteiger partial charge on any atom is -0.377 e. The van der Waals surface area contributed by atoms with Crippen LogP contribution >= 0.6 is 0 Å². The molecular weight excluding hydrogens is 336 g/mol. The van der Waals surface area contributed by atoms with Gasteiger partial charge in [-0.1, -0.05) is 44.2 Å². The Hall–Kier alpha value is -1.59. The molecule has 4 rings (SSSR count). The largest absolute Gasteiger partial charge is 0.377 e. The second-order valence-electron chi connectivity index (χ2n) is 8.81. The highest BCUT2D eigenvalue weighted by molar-refractivity contribution is 5.80. The Balaban J connectivity index is 1.40. The summed E-state index contributed by atoms with van der Waals surface area (Å²) in [6, 6.07) is 11.7. The van der Waals surface area contributed by atoms with Crippen LogP contribution in [0.15, 0.2) is 35.3 Å². The molecule has 2 saturated heterocycles. The lowest BCUT2D eigenvalue weighted by Gasteiger charge is -2.55. The van der Waals surface area contributed by atoms with Crippen LogP contribution in [0.3, 0.4) is 0 Å². The van der Waals surface area contributed by atoms with Gasteiger partial charge in [0.15, 0.2) is 5.96 Å². The average molecular weight is 371 g/mol. The maximum Gasteiger partial charge on any atom is 0.191 e. The molecule has 4 unspecified atom stereocenters. The van der Waals surface area contributed by atoms with Crippen molar-refractivity contribution in [2.24, 2.45) is 16.3 Å². The summed E-state index contributed by atoms with van der Waals surface area (Å²) >= 11 is 0. The molecule has 1 aromatic carbocycles. The van der Waals surface area contributed by atoms with E-state index in [1.54, 1.807) is 0 Å². The Morgan fingerprint density at radius 3 is 2.70 bits per heavy atom. The molecule has 0 radical (unpaired) electrons. The van der Waals surface area contributed by atoms with Crippen LogP contribution in [0.2, 0.25) is 0 Å². The SMILES string of the molecule is CN=C(NCC(c1ccccc1)N1CCCC1)NC1C2CCOC2C1(C)C. The summed E-state index contributed by atoms with van der Waals surface area (Å²) in [5, 5.41) is 7.32. The van der Waals surface area contributed by atoms with Crippen LogP contribution in [0.4, 0.5) is 0 Å². The highest BCUT2D eigenvalue weighted by Gasteiger charge is 2.59. The van der Waals surface area contributed by atoms with Crippen molar-refractivity contribution < 1.29 is 4.74 Å². The molecule has 5 heteroatoms. The number of ether oxygens (including phenoxy) is 1. The molecular formula is C22H34N4O. The van der Waals surface area contributed by atoms with Gasteiger partial charge in [0.25, 0.3) is 0 Å². The van der Waals surface area contributed by atoms with Crippen molar-refractivity contribution in [3.8, 4) is 0 Å². The van der Waals surface area contributed by atoms with E-state index in [2.05, 4.69) is 64.7 Å². The van der Waals surface area contributed by atoms with Gasteiger partial charge in [-0.15, -0.1) is 0 Å². The molecule has 0 bridgehead atoms. The smallest absolute Gasteiger partial charge is 0.191 e. The third-order valence-electron chi connectivity index (χ3n) is 6.84. The fourth-order valence-electron chi connectivity index (χ4n) is 5.34. The third-order valence-corrected chi connectivity index (χ3v) is 6.84. The van der Waals surface area contributed by atoms with Gasteiger partial charge in [-0.05, 0) is 37.9 Å². The zero-order valence-electron chi connectivity index (χ0n) is 16.9. The lowest BCUT2D eigenvalue weighted by molar-refractivity contribution is -0.106. The fourth-order valence-corrected chi connectivity index (χ4v) is 5.34. The number of benzene rings is 1. The Morgan fingerprint density at radius 2 is 2.00 bits per heavy atom. The molecule has 3 aliphatic rings. The van der Waals surface area contributed by atoms with E-state index < -0.39 is 0 Å². The number of fused-ring (bicyclic) bond motifs is 1. The Kier molecular flexibility index (Phi) is 5.42. The van der Waals surface area contributed by atoms with Crippen LogP contribution in [0.25, 0.3) is 0 Å². The van der Waals surface area contributed by atoms with Crippen LogP contribution in [0.5, 0.6) is 0 Å². The van der Waals surface area contributed by atoms with Gasteiger partial charge < -0.3 is 15.4 Å². The fraction of sp³-hybridized carbons (Fsp3) is 0.682. The number of hydrogen-bond donors (Lipinski definition) is 2. The van der Waals surface area contributed by atoms with Gasteiger partial charge in [0.2, 0.25) is 0 Å². The molecule has 0 aromatic heterocycles. The van der Waals surface area contributed by atoms with Crippen molar-refractivity contribution >= 4 is 5.96 Å². The summed E-state index contributed by atoms with van der Waals surface area (Å²) in [7, 11) is 1.87. The molecule has 4 atom stereocenters. The summed E-state index contributed by atoms with van der Waals surface area (Å²) in [6.07, 6.45) is 4.16. The number of nitrogens with zero attached hydrogens (tertiary/aromatic N) is 2. The Bertz CT molecular complexity index is 654. The minimum absolute atomic E-state index is 0.159. The monoisotopic (exact) mass is 370 g/mol. The number of aliphatic imine (C=N–C) groups is 1. The van der Waals surface area contributed by atoms with E-state index in [0.717, 1.165) is 25.5 Å². The Morgan fingerprint density at radius 1 is 1.26 bits per heavy atom. The molecule has 1 aliphatic carbocycles. The number of nitrogens with one attached hydrogen (secondary N) is 2. The summed E-state index contributed by atoms with van der Waals surface area (Å²) < 4.78 is 5.93. The standard InChI is InChI=1S/C22H34N4O/c1-22(2)19(17-11-14-27-20(17)22)25-21(23-3)24-15-18(26-12-7-8-13-26)16-9-5-4-6-10-16/h4-6,9-10,17-20H,7-8,11-15H2,1-3H3,(H2,23,24,25).